The fourth-order valence-electron chi connectivity index (χ4n) is 7.92. The Kier molecular flexibility index (Phi) is 29.2. The summed E-state index contributed by atoms with van der Waals surface area (Å²) in [6.45, 7) is 14.2. The van der Waals surface area contributed by atoms with Crippen LogP contribution >= 0.6 is 24.4 Å². The highest BCUT2D eigenvalue weighted by molar-refractivity contribution is 7.98. The molecule has 13 N–H and O–H groups in total. The number of phenols is 1. The highest BCUT2D eigenvalue weighted by Gasteiger charge is 2.36. The van der Waals surface area contributed by atoms with Gasteiger partial charge < -0.3 is 63.6 Å². The summed E-state index contributed by atoms with van der Waals surface area (Å²) in [7, 11) is 0. The number of aliphatic carboxylic acids is 2. The van der Waals surface area contributed by atoms with Gasteiger partial charge >= 0.3 is 11.9 Å². The van der Waals surface area contributed by atoms with Crippen LogP contribution in [-0.2, 0) is 60.8 Å². The third-order valence-corrected chi connectivity index (χ3v) is 13.0. The lowest BCUT2D eigenvalue weighted by molar-refractivity contribution is -0.143. The number of amides is 8. The number of rotatable bonds is 34. The summed E-state index contributed by atoms with van der Waals surface area (Å²) in [5.74, 6) is -10.2. The average Bonchev–Trinajstić information content (AvgIpc) is 3.34. The molecule has 0 fully saturated rings. The van der Waals surface area contributed by atoms with Gasteiger partial charge in [0.1, 0.15) is 54.1 Å². The molecule has 0 bridgehead atoms. The number of hydrogen-bond acceptors (Lipinski definition) is 14. The molecule has 2 aromatic rings. The summed E-state index contributed by atoms with van der Waals surface area (Å²) >= 11 is 5.76. The van der Waals surface area contributed by atoms with Crippen molar-refractivity contribution in [3.63, 3.8) is 0 Å². The van der Waals surface area contributed by atoms with E-state index in [1.54, 1.807) is 58.0 Å². The largest absolute Gasteiger partial charge is 0.508 e. The van der Waals surface area contributed by atoms with Gasteiger partial charge in [-0.1, -0.05) is 97.9 Å². The highest BCUT2D eigenvalue weighted by Crippen LogP contribution is 2.15. The first-order chi connectivity index (χ1) is 36.1. The molecule has 0 saturated carbocycles. The van der Waals surface area contributed by atoms with Gasteiger partial charge in [-0.2, -0.15) is 24.4 Å². The van der Waals surface area contributed by atoms with E-state index in [1.165, 1.54) is 36.0 Å². The Bertz CT molecular complexity index is 2290. The van der Waals surface area contributed by atoms with Crippen LogP contribution in [0.1, 0.15) is 98.6 Å². The zero-order valence-corrected chi connectivity index (χ0v) is 47.1. The molecule has 0 spiro atoms. The molecule has 0 aliphatic carbocycles. The van der Waals surface area contributed by atoms with Gasteiger partial charge in [0, 0.05) is 18.6 Å². The lowest BCUT2D eigenvalue weighted by atomic mass is 9.99. The number of thioether (sulfide) groups is 1. The summed E-state index contributed by atoms with van der Waals surface area (Å²) in [6, 6.07) is 2.16. The molecule has 0 saturated heterocycles. The molecular weight excluding hydrogens is 1030 g/mol. The maximum absolute atomic E-state index is 14.1. The second-order valence-corrected chi connectivity index (χ2v) is 22.0. The number of carbonyl (C=O) groups excluding carboxylic acids is 8. The third kappa shape index (κ3) is 24.6. The Morgan fingerprint density at radius 1 is 0.506 bits per heavy atom. The second-order valence-electron chi connectivity index (χ2n) is 20.6. The van der Waals surface area contributed by atoms with Crippen LogP contribution in [0.2, 0.25) is 0 Å². The Labute approximate surface area is 460 Å². The van der Waals surface area contributed by atoms with E-state index in [0.29, 0.717) is 23.3 Å². The molecule has 0 radical (unpaired) electrons. The lowest BCUT2D eigenvalue weighted by Gasteiger charge is -2.29. The van der Waals surface area contributed by atoms with Crippen molar-refractivity contribution in [2.75, 3.05) is 17.8 Å². The fraction of sp³-hybridized carbons (Fsp3) is 0.585. The van der Waals surface area contributed by atoms with E-state index in [2.05, 4.69) is 55.2 Å². The van der Waals surface area contributed by atoms with Crippen molar-refractivity contribution in [2.45, 2.75) is 155 Å². The number of phenolic OH excluding ortho intramolecular Hbond substituents is 1. The molecule has 0 aliphatic rings. The number of benzene rings is 2. The van der Waals surface area contributed by atoms with Gasteiger partial charge in [-0.25, -0.2) is 4.79 Å². The van der Waals surface area contributed by atoms with E-state index in [1.807, 2.05) is 34.0 Å². The van der Waals surface area contributed by atoms with Crippen molar-refractivity contribution in [1.82, 2.24) is 42.5 Å². The molecule has 0 heterocycles. The standard InChI is InChI=1S/C53H81N9O13S2/c1-28(2)21-35(54)45(66)55-36(19-20-77-9)46(67)56-37(22-29(3)4)48(69)61-42(27-76)51(72)62-44(31(7)8)52(73)59-38(23-30(5)6)47(68)58-40(26-43(64)65)50(71)57-39(24-33-15-17-34(63)18-16-33)49(70)60-41(53(74)75)25-32-13-11-10-12-14-32/h10-18,28-31,35-42,44,63,76H,19-27,54H2,1-9H3,(H,55,66)(H,56,67)(H,57,71)(H,58,68)(H,59,73)(H,60,70)(H,61,69)(H,62,72)(H,64,65)(H,74,75)/t35-,36-,37-,38-,39-,40-,41-,42-,44-/m0/s1. The maximum Gasteiger partial charge on any atom is 0.326 e. The van der Waals surface area contributed by atoms with Crippen LogP contribution in [-0.4, -0.2) is 147 Å². The number of carbonyl (C=O) groups is 10. The molecular formula is C53H81N9O13S2. The minimum absolute atomic E-state index is 0.0352. The van der Waals surface area contributed by atoms with Gasteiger partial charge in [-0.05, 0) is 84.6 Å². The van der Waals surface area contributed by atoms with Crippen molar-refractivity contribution >= 4 is 83.6 Å². The maximum atomic E-state index is 14.1. The van der Waals surface area contributed by atoms with E-state index in [-0.39, 0.29) is 61.4 Å². The smallest absolute Gasteiger partial charge is 0.326 e. The van der Waals surface area contributed by atoms with Crippen LogP contribution in [0.25, 0.3) is 0 Å². The summed E-state index contributed by atoms with van der Waals surface area (Å²) < 4.78 is 0. The van der Waals surface area contributed by atoms with Crippen molar-refractivity contribution in [2.24, 2.45) is 29.4 Å². The summed E-state index contributed by atoms with van der Waals surface area (Å²) in [5.41, 5.74) is 7.10. The minimum Gasteiger partial charge on any atom is -0.508 e. The number of carboxylic acids is 2. The van der Waals surface area contributed by atoms with Crippen molar-refractivity contribution in [1.29, 1.82) is 0 Å². The fourth-order valence-corrected chi connectivity index (χ4v) is 8.65. The first-order valence-electron chi connectivity index (χ1n) is 25.7. The van der Waals surface area contributed by atoms with Crippen LogP contribution in [0.3, 0.4) is 0 Å². The molecule has 22 nitrogen and oxygen atoms in total. The van der Waals surface area contributed by atoms with Crippen LogP contribution in [0, 0.1) is 23.7 Å². The molecule has 2 aromatic carbocycles. The lowest BCUT2D eigenvalue weighted by Crippen LogP contribution is -2.61. The Balaban J connectivity index is 2.35. The molecule has 0 unspecified atom stereocenters. The Hall–Kier alpha value is -6.40. The van der Waals surface area contributed by atoms with E-state index >= 15 is 0 Å². The summed E-state index contributed by atoms with van der Waals surface area (Å²) in [5, 5.41) is 50.4. The predicted octanol–water partition coefficient (Wildman–Crippen LogP) is 1.42. The average molecular weight is 1120 g/mol. The monoisotopic (exact) mass is 1120 g/mol. The van der Waals surface area contributed by atoms with Gasteiger partial charge in [0.05, 0.1) is 12.5 Å². The highest BCUT2D eigenvalue weighted by atomic mass is 32.2. The summed E-state index contributed by atoms with van der Waals surface area (Å²) in [6.07, 6.45) is 1.25. The number of thiol groups is 1. The number of carboxylic acid groups (broad SMARTS) is 2. The normalized spacial score (nSPS) is 14.8. The summed E-state index contributed by atoms with van der Waals surface area (Å²) in [4.78, 5) is 135. The van der Waals surface area contributed by atoms with Crippen LogP contribution < -0.4 is 48.3 Å². The van der Waals surface area contributed by atoms with E-state index in [0.717, 1.165) is 0 Å². The predicted molar refractivity (Wildman–Crippen MR) is 295 cm³/mol. The molecule has 24 heteroatoms. The topological polar surface area (TPSA) is 354 Å². The van der Waals surface area contributed by atoms with E-state index in [9.17, 15) is 63.3 Å². The quantitative estimate of drug-likeness (QED) is 0.0441. The minimum atomic E-state index is -1.83. The van der Waals surface area contributed by atoms with Crippen molar-refractivity contribution in [3.8, 4) is 5.75 Å². The van der Waals surface area contributed by atoms with Crippen LogP contribution in [0.5, 0.6) is 5.75 Å². The second kappa shape index (κ2) is 33.7. The Morgan fingerprint density at radius 2 is 0.922 bits per heavy atom. The molecule has 77 heavy (non-hydrogen) atoms. The zero-order valence-electron chi connectivity index (χ0n) is 45.4. The molecule has 2 rings (SSSR count). The molecule has 428 valence electrons. The van der Waals surface area contributed by atoms with Crippen LogP contribution in [0.15, 0.2) is 54.6 Å². The molecule has 0 aliphatic heterocycles. The number of nitrogens with one attached hydrogen (secondary N) is 8. The molecule has 9 atom stereocenters. The number of nitrogens with two attached hydrogens (primary N) is 1. The van der Waals surface area contributed by atoms with E-state index in [4.69, 9.17) is 5.73 Å². The first-order valence-corrected chi connectivity index (χ1v) is 27.7. The van der Waals surface area contributed by atoms with Gasteiger partial charge in [-0.15, -0.1) is 0 Å². The van der Waals surface area contributed by atoms with Crippen LogP contribution in [0.4, 0.5) is 0 Å². The Morgan fingerprint density at radius 3 is 1.42 bits per heavy atom. The SMILES string of the molecule is CSCC[C@H](NC(=O)[C@@H](N)CC(C)C)C(=O)N[C@@H](CC(C)C)C(=O)N[C@@H](CS)C(=O)N[C@H](C(=O)N[C@@H](CC(C)C)C(=O)N[C@@H](CC(=O)O)C(=O)N[C@@H](Cc1ccc(O)cc1)C(=O)N[C@@H](Cc1ccccc1)C(=O)O)C(C)C. The number of hydrogen-bond donors (Lipinski definition) is 13. The third-order valence-electron chi connectivity index (χ3n) is 12.0. The van der Waals surface area contributed by atoms with Gasteiger partial charge in [0.25, 0.3) is 0 Å². The van der Waals surface area contributed by atoms with E-state index < -0.39 is 126 Å². The first kappa shape index (κ1) is 66.7. The van der Waals surface area contributed by atoms with Crippen molar-refractivity contribution < 1.29 is 63.3 Å². The zero-order chi connectivity index (χ0) is 58.1. The van der Waals surface area contributed by atoms with Gasteiger partial charge in [0.2, 0.25) is 47.3 Å². The van der Waals surface area contributed by atoms with Crippen molar-refractivity contribution in [3.05, 3.63) is 65.7 Å². The van der Waals surface area contributed by atoms with Gasteiger partial charge in [0.15, 0.2) is 0 Å². The van der Waals surface area contributed by atoms with Gasteiger partial charge in [-0.3, -0.25) is 43.2 Å². The number of aromatic hydroxyl groups is 1. The molecule has 0 aromatic heterocycles. The molecule has 8 amide bonds.